The van der Waals surface area contributed by atoms with E-state index in [0.717, 1.165) is 0 Å². The second-order valence-corrected chi connectivity index (χ2v) is 2.84. The van der Waals surface area contributed by atoms with Crippen molar-refractivity contribution in [3.8, 4) is 6.01 Å². The predicted molar refractivity (Wildman–Crippen MR) is 56.7 cm³/mol. The van der Waals surface area contributed by atoms with Crippen molar-refractivity contribution in [3.63, 3.8) is 0 Å². The van der Waals surface area contributed by atoms with Crippen LogP contribution in [-0.4, -0.2) is 28.2 Å². The van der Waals surface area contributed by atoms with E-state index in [0.29, 0.717) is 24.8 Å². The summed E-state index contributed by atoms with van der Waals surface area (Å²) in [6.07, 6.45) is 0. The SMILES string of the molecule is C=C(OCC)c1nc(Cl)nc(OCC)n1. The van der Waals surface area contributed by atoms with Gasteiger partial charge in [0.15, 0.2) is 5.76 Å². The van der Waals surface area contributed by atoms with E-state index in [2.05, 4.69) is 21.5 Å². The Morgan fingerprint density at radius 3 is 2.60 bits per heavy atom. The van der Waals surface area contributed by atoms with Crippen LogP contribution in [0.3, 0.4) is 0 Å². The smallest absolute Gasteiger partial charge is 0.321 e. The number of nitrogens with zero attached hydrogens (tertiary/aromatic N) is 3. The molecule has 5 nitrogen and oxygen atoms in total. The molecular formula is C9H12ClN3O2. The van der Waals surface area contributed by atoms with Gasteiger partial charge in [-0.2, -0.15) is 15.0 Å². The van der Waals surface area contributed by atoms with Crippen LogP contribution < -0.4 is 4.74 Å². The van der Waals surface area contributed by atoms with Crippen LogP contribution in [0.25, 0.3) is 5.76 Å². The van der Waals surface area contributed by atoms with Crippen LogP contribution in [0, 0.1) is 0 Å². The number of rotatable bonds is 5. The predicted octanol–water partition coefficient (Wildman–Crippen LogP) is 1.93. The highest BCUT2D eigenvalue weighted by Gasteiger charge is 2.09. The van der Waals surface area contributed by atoms with E-state index in [4.69, 9.17) is 21.1 Å². The fraction of sp³-hybridized carbons (Fsp3) is 0.444. The number of halogens is 1. The zero-order valence-electron chi connectivity index (χ0n) is 8.66. The summed E-state index contributed by atoms with van der Waals surface area (Å²) in [6.45, 7) is 8.29. The van der Waals surface area contributed by atoms with Crippen molar-refractivity contribution in [1.82, 2.24) is 15.0 Å². The molecule has 0 aromatic carbocycles. The molecule has 82 valence electrons. The maximum absolute atomic E-state index is 5.69. The van der Waals surface area contributed by atoms with Gasteiger partial charge in [0, 0.05) is 0 Å². The van der Waals surface area contributed by atoms with E-state index in [1.54, 1.807) is 0 Å². The molecule has 0 atom stereocenters. The Hall–Kier alpha value is -1.36. The molecule has 0 spiro atoms. The fourth-order valence-corrected chi connectivity index (χ4v) is 1.04. The molecule has 0 saturated carbocycles. The summed E-state index contributed by atoms with van der Waals surface area (Å²) in [4.78, 5) is 11.7. The first-order valence-electron chi connectivity index (χ1n) is 4.53. The van der Waals surface area contributed by atoms with Crippen molar-refractivity contribution < 1.29 is 9.47 Å². The van der Waals surface area contributed by atoms with E-state index >= 15 is 0 Å². The molecule has 1 rings (SSSR count). The summed E-state index contributed by atoms with van der Waals surface area (Å²) < 4.78 is 10.3. The van der Waals surface area contributed by atoms with Crippen molar-refractivity contribution >= 4 is 17.4 Å². The molecule has 1 aromatic heterocycles. The molecule has 1 aromatic rings. The molecule has 0 aliphatic heterocycles. The first-order chi connectivity index (χ1) is 7.17. The fourth-order valence-electron chi connectivity index (χ4n) is 0.889. The molecule has 0 aliphatic rings. The first-order valence-corrected chi connectivity index (χ1v) is 4.91. The molecule has 1 heterocycles. The maximum atomic E-state index is 5.69. The molecule has 0 saturated heterocycles. The van der Waals surface area contributed by atoms with Gasteiger partial charge in [0.25, 0.3) is 0 Å². The Balaban J connectivity index is 2.92. The lowest BCUT2D eigenvalue weighted by molar-refractivity contribution is 0.289. The Labute approximate surface area is 93.1 Å². The van der Waals surface area contributed by atoms with Gasteiger partial charge < -0.3 is 9.47 Å². The zero-order chi connectivity index (χ0) is 11.3. The second-order valence-electron chi connectivity index (χ2n) is 2.50. The number of hydrogen-bond donors (Lipinski definition) is 0. The largest absolute Gasteiger partial charge is 0.491 e. The standard InChI is InChI=1S/C9H12ClN3O2/c1-4-14-6(3)7-11-8(10)13-9(12-7)15-5-2/h3-5H2,1-2H3. The minimum atomic E-state index is 0.0595. The average molecular weight is 230 g/mol. The summed E-state index contributed by atoms with van der Waals surface area (Å²) in [5.74, 6) is 0.642. The van der Waals surface area contributed by atoms with Gasteiger partial charge in [-0.1, -0.05) is 6.58 Å². The quantitative estimate of drug-likeness (QED) is 0.722. The number of hydrogen-bond acceptors (Lipinski definition) is 5. The van der Waals surface area contributed by atoms with E-state index in [-0.39, 0.29) is 11.3 Å². The number of aromatic nitrogens is 3. The van der Waals surface area contributed by atoms with Gasteiger partial charge in [-0.3, -0.25) is 0 Å². The van der Waals surface area contributed by atoms with Crippen LogP contribution in [-0.2, 0) is 4.74 Å². The van der Waals surface area contributed by atoms with Crippen LogP contribution in [0.1, 0.15) is 19.7 Å². The van der Waals surface area contributed by atoms with Crippen molar-refractivity contribution in [2.24, 2.45) is 0 Å². The molecule has 15 heavy (non-hydrogen) atoms. The Kier molecular flexibility index (Phi) is 4.30. The summed E-state index contributed by atoms with van der Waals surface area (Å²) in [5.41, 5.74) is 0. The van der Waals surface area contributed by atoms with Gasteiger partial charge in [-0.05, 0) is 25.4 Å². The highest BCUT2D eigenvalue weighted by Crippen LogP contribution is 2.14. The van der Waals surface area contributed by atoms with Crippen LogP contribution in [0.4, 0.5) is 0 Å². The lowest BCUT2D eigenvalue weighted by Crippen LogP contribution is -2.04. The third-order valence-electron chi connectivity index (χ3n) is 1.43. The molecule has 0 bridgehead atoms. The third kappa shape index (κ3) is 3.36. The summed E-state index contributed by atoms with van der Waals surface area (Å²) >= 11 is 5.69. The minimum absolute atomic E-state index is 0.0595. The van der Waals surface area contributed by atoms with Gasteiger partial charge in [-0.25, -0.2) is 0 Å². The molecule has 0 unspecified atom stereocenters. The highest BCUT2D eigenvalue weighted by molar-refractivity contribution is 6.28. The third-order valence-corrected chi connectivity index (χ3v) is 1.60. The van der Waals surface area contributed by atoms with Crippen molar-refractivity contribution in [1.29, 1.82) is 0 Å². The summed E-state index contributed by atoms with van der Waals surface area (Å²) in [7, 11) is 0. The van der Waals surface area contributed by atoms with E-state index in [1.807, 2.05) is 13.8 Å². The average Bonchev–Trinajstić information content (AvgIpc) is 2.17. The van der Waals surface area contributed by atoms with Crippen LogP contribution >= 0.6 is 11.6 Å². The summed E-state index contributed by atoms with van der Waals surface area (Å²) in [6, 6.07) is 0.174. The molecule has 0 amide bonds. The highest BCUT2D eigenvalue weighted by atomic mass is 35.5. The van der Waals surface area contributed by atoms with Crippen molar-refractivity contribution in [2.75, 3.05) is 13.2 Å². The molecule has 0 fully saturated rings. The van der Waals surface area contributed by atoms with Crippen LogP contribution in [0.2, 0.25) is 5.28 Å². The van der Waals surface area contributed by atoms with E-state index < -0.39 is 0 Å². The van der Waals surface area contributed by atoms with Crippen molar-refractivity contribution in [2.45, 2.75) is 13.8 Å². The first kappa shape index (κ1) is 11.7. The normalized spacial score (nSPS) is 9.80. The summed E-state index contributed by atoms with van der Waals surface area (Å²) in [5, 5.41) is 0.0595. The van der Waals surface area contributed by atoms with E-state index in [1.165, 1.54) is 0 Å². The topological polar surface area (TPSA) is 57.1 Å². The Morgan fingerprint density at radius 2 is 2.00 bits per heavy atom. The van der Waals surface area contributed by atoms with Gasteiger partial charge in [0.1, 0.15) is 0 Å². The van der Waals surface area contributed by atoms with Gasteiger partial charge in [-0.15, -0.1) is 0 Å². The van der Waals surface area contributed by atoms with Gasteiger partial charge in [0.05, 0.1) is 13.2 Å². The van der Waals surface area contributed by atoms with Gasteiger partial charge in [0.2, 0.25) is 11.1 Å². The molecule has 0 radical (unpaired) electrons. The Morgan fingerprint density at radius 1 is 1.27 bits per heavy atom. The monoisotopic (exact) mass is 229 g/mol. The zero-order valence-corrected chi connectivity index (χ0v) is 9.41. The Bertz CT molecular complexity index is 357. The maximum Gasteiger partial charge on any atom is 0.321 e. The lowest BCUT2D eigenvalue weighted by atomic mass is 10.5. The van der Waals surface area contributed by atoms with Gasteiger partial charge >= 0.3 is 6.01 Å². The van der Waals surface area contributed by atoms with Crippen molar-refractivity contribution in [3.05, 3.63) is 17.7 Å². The number of ether oxygens (including phenoxy) is 2. The minimum Gasteiger partial charge on any atom is -0.491 e. The van der Waals surface area contributed by atoms with Crippen LogP contribution in [0.15, 0.2) is 6.58 Å². The second kappa shape index (κ2) is 5.50. The molecule has 6 heteroatoms. The van der Waals surface area contributed by atoms with E-state index in [9.17, 15) is 0 Å². The lowest BCUT2D eigenvalue weighted by Gasteiger charge is -2.06. The molecule has 0 aliphatic carbocycles. The molecular weight excluding hydrogens is 218 g/mol. The molecule has 0 N–H and O–H groups in total. The van der Waals surface area contributed by atoms with Crippen LogP contribution in [0.5, 0.6) is 6.01 Å².